The van der Waals surface area contributed by atoms with Crippen molar-refractivity contribution >= 4 is 23.4 Å². The van der Waals surface area contributed by atoms with Gasteiger partial charge in [0, 0.05) is 5.56 Å². The van der Waals surface area contributed by atoms with Crippen molar-refractivity contribution in [2.45, 2.75) is 39.8 Å². The number of para-hydroxylation sites is 1. The van der Waals surface area contributed by atoms with Gasteiger partial charge in [-0.3, -0.25) is 9.36 Å². The number of benzene rings is 2. The molecule has 0 N–H and O–H groups in total. The van der Waals surface area contributed by atoms with Gasteiger partial charge in [-0.25, -0.2) is 9.79 Å². The van der Waals surface area contributed by atoms with Gasteiger partial charge in [-0.15, -0.1) is 6.42 Å². The number of esters is 1. The smallest absolute Gasteiger partial charge is 0.338 e. The van der Waals surface area contributed by atoms with Crippen LogP contribution in [0.4, 0.5) is 0 Å². The molecule has 4 rings (SSSR count). The van der Waals surface area contributed by atoms with Gasteiger partial charge < -0.3 is 14.2 Å². The van der Waals surface area contributed by atoms with Crippen LogP contribution in [0, 0.1) is 12.3 Å². The number of carbonyl (C=O) groups excluding carboxylic acids is 1. The number of nitrogens with zero attached hydrogens (tertiary/aromatic N) is 2. The number of allylic oxidation sites excluding steroid dienone is 1. The molecular weight excluding hydrogens is 488 g/mol. The summed E-state index contributed by atoms with van der Waals surface area (Å²) in [6.45, 7) is 7.71. The predicted octanol–water partition coefficient (Wildman–Crippen LogP) is 3.60. The number of fused-ring (bicyclic) bond motifs is 1. The van der Waals surface area contributed by atoms with Crippen molar-refractivity contribution in [3.8, 4) is 23.8 Å². The third kappa shape index (κ3) is 5.52. The van der Waals surface area contributed by atoms with Crippen LogP contribution in [0.2, 0.25) is 0 Å². The molecule has 1 atom stereocenters. The fourth-order valence-corrected chi connectivity index (χ4v) is 5.17. The molecule has 0 fully saturated rings. The van der Waals surface area contributed by atoms with Crippen molar-refractivity contribution in [2.24, 2.45) is 4.99 Å². The highest BCUT2D eigenvalue weighted by Gasteiger charge is 2.35. The summed E-state index contributed by atoms with van der Waals surface area (Å²) in [6, 6.07) is 14.0. The number of thiazole rings is 1. The quantitative estimate of drug-likeness (QED) is 0.338. The molecule has 2 aromatic carbocycles. The van der Waals surface area contributed by atoms with Crippen LogP contribution in [-0.4, -0.2) is 29.9 Å². The molecule has 8 heteroatoms. The lowest BCUT2D eigenvalue weighted by Gasteiger charge is -2.26. The van der Waals surface area contributed by atoms with Crippen LogP contribution in [0.3, 0.4) is 0 Å². The van der Waals surface area contributed by atoms with E-state index in [2.05, 4.69) is 10.9 Å². The Kier molecular flexibility index (Phi) is 7.95. The zero-order valence-electron chi connectivity index (χ0n) is 21.2. The standard InChI is InChI=1S/C29H28N2O5S/c1-6-15-35-21-12-10-11-20(16-21)17-24-27(32)31-26(22-13-8-9-14-23(22)36-18(3)4)25(28(33)34-7-2)19(5)30-29(31)37-24/h1,8-14,16-18,26H,7,15H2,2-5H3. The summed E-state index contributed by atoms with van der Waals surface area (Å²) in [5.41, 5.74) is 2.01. The van der Waals surface area contributed by atoms with Gasteiger partial charge in [0.15, 0.2) is 4.80 Å². The third-order valence-electron chi connectivity index (χ3n) is 5.57. The van der Waals surface area contributed by atoms with E-state index in [1.54, 1.807) is 30.6 Å². The zero-order valence-corrected chi connectivity index (χ0v) is 22.0. The third-order valence-corrected chi connectivity index (χ3v) is 6.55. The van der Waals surface area contributed by atoms with Gasteiger partial charge in [-0.05, 0) is 57.5 Å². The van der Waals surface area contributed by atoms with Crippen LogP contribution in [0.1, 0.15) is 44.9 Å². The zero-order chi connectivity index (χ0) is 26.5. The van der Waals surface area contributed by atoms with Gasteiger partial charge in [0.25, 0.3) is 5.56 Å². The fourth-order valence-electron chi connectivity index (χ4n) is 4.12. The predicted molar refractivity (Wildman–Crippen MR) is 143 cm³/mol. The largest absolute Gasteiger partial charge is 0.491 e. The topological polar surface area (TPSA) is 79.1 Å². The monoisotopic (exact) mass is 516 g/mol. The molecule has 190 valence electrons. The van der Waals surface area contributed by atoms with E-state index in [0.717, 1.165) is 5.56 Å². The molecule has 2 heterocycles. The summed E-state index contributed by atoms with van der Waals surface area (Å²) >= 11 is 1.26. The molecule has 0 spiro atoms. The Morgan fingerprint density at radius 3 is 2.76 bits per heavy atom. The van der Waals surface area contributed by atoms with Crippen LogP contribution in [0.5, 0.6) is 11.5 Å². The molecule has 0 amide bonds. The van der Waals surface area contributed by atoms with E-state index in [1.807, 2.05) is 56.3 Å². The lowest BCUT2D eigenvalue weighted by Crippen LogP contribution is -2.40. The van der Waals surface area contributed by atoms with Crippen molar-refractivity contribution in [2.75, 3.05) is 13.2 Å². The fraction of sp³-hybridized carbons (Fsp3) is 0.276. The van der Waals surface area contributed by atoms with Gasteiger partial charge in [0.1, 0.15) is 24.1 Å². The Balaban J connectivity index is 1.92. The molecular formula is C29H28N2O5S. The molecule has 0 saturated carbocycles. The Bertz CT molecular complexity index is 1570. The summed E-state index contributed by atoms with van der Waals surface area (Å²) in [5.74, 6) is 3.13. The Labute approximate surface area is 219 Å². The average molecular weight is 517 g/mol. The number of ether oxygens (including phenoxy) is 3. The van der Waals surface area contributed by atoms with Gasteiger partial charge in [-0.1, -0.05) is 47.6 Å². The average Bonchev–Trinajstić information content (AvgIpc) is 3.16. The second-order valence-corrected chi connectivity index (χ2v) is 9.58. The summed E-state index contributed by atoms with van der Waals surface area (Å²) in [7, 11) is 0. The highest BCUT2D eigenvalue weighted by Crippen LogP contribution is 2.36. The minimum Gasteiger partial charge on any atom is -0.491 e. The summed E-state index contributed by atoms with van der Waals surface area (Å²) < 4.78 is 19.0. The lowest BCUT2D eigenvalue weighted by molar-refractivity contribution is -0.139. The maximum absolute atomic E-state index is 13.8. The molecule has 3 aromatic rings. The molecule has 0 radical (unpaired) electrons. The van der Waals surface area contributed by atoms with Crippen LogP contribution in [0.15, 0.2) is 69.6 Å². The maximum Gasteiger partial charge on any atom is 0.338 e. The number of aromatic nitrogens is 1. The first-order chi connectivity index (χ1) is 17.8. The molecule has 1 aliphatic heterocycles. The van der Waals surface area contributed by atoms with E-state index in [-0.39, 0.29) is 24.9 Å². The molecule has 0 aliphatic carbocycles. The van der Waals surface area contributed by atoms with Crippen molar-refractivity contribution in [3.63, 3.8) is 0 Å². The number of hydrogen-bond acceptors (Lipinski definition) is 7. The first kappa shape index (κ1) is 26.0. The van der Waals surface area contributed by atoms with E-state index < -0.39 is 12.0 Å². The Morgan fingerprint density at radius 1 is 1.24 bits per heavy atom. The van der Waals surface area contributed by atoms with Crippen molar-refractivity contribution in [1.82, 2.24) is 4.57 Å². The molecule has 1 aromatic heterocycles. The first-order valence-electron chi connectivity index (χ1n) is 12.0. The SMILES string of the molecule is C#CCOc1cccc(C=c2sc3n(c2=O)C(c2ccccc2OC(C)C)C(C(=O)OCC)=C(C)N=3)c1. The van der Waals surface area contributed by atoms with E-state index in [9.17, 15) is 9.59 Å². The number of terminal acetylenes is 1. The molecule has 7 nitrogen and oxygen atoms in total. The summed E-state index contributed by atoms with van der Waals surface area (Å²) in [5, 5.41) is 0. The first-order valence-corrected chi connectivity index (χ1v) is 12.8. The van der Waals surface area contributed by atoms with Gasteiger partial charge in [-0.2, -0.15) is 0 Å². The van der Waals surface area contributed by atoms with Crippen LogP contribution < -0.4 is 24.4 Å². The normalized spacial score (nSPS) is 15.1. The minimum absolute atomic E-state index is 0.0999. The second-order valence-electron chi connectivity index (χ2n) is 8.57. The molecule has 37 heavy (non-hydrogen) atoms. The van der Waals surface area contributed by atoms with E-state index >= 15 is 0 Å². The van der Waals surface area contributed by atoms with Gasteiger partial charge in [0.05, 0.1) is 28.5 Å². The van der Waals surface area contributed by atoms with Crippen LogP contribution in [-0.2, 0) is 9.53 Å². The summed E-state index contributed by atoms with van der Waals surface area (Å²) in [6.07, 6.45) is 6.97. The van der Waals surface area contributed by atoms with Crippen LogP contribution in [0.25, 0.3) is 6.08 Å². The highest BCUT2D eigenvalue weighted by atomic mass is 32.1. The Hall–Kier alpha value is -4.09. The van der Waals surface area contributed by atoms with Crippen molar-refractivity contribution in [3.05, 3.63) is 90.6 Å². The summed E-state index contributed by atoms with van der Waals surface area (Å²) in [4.78, 5) is 32.1. The highest BCUT2D eigenvalue weighted by molar-refractivity contribution is 7.07. The molecule has 0 saturated heterocycles. The van der Waals surface area contributed by atoms with E-state index in [4.69, 9.17) is 20.6 Å². The Morgan fingerprint density at radius 2 is 2.03 bits per heavy atom. The number of carbonyl (C=O) groups is 1. The van der Waals surface area contributed by atoms with Crippen molar-refractivity contribution < 1.29 is 19.0 Å². The minimum atomic E-state index is -0.752. The molecule has 1 aliphatic rings. The molecule has 1 unspecified atom stereocenters. The van der Waals surface area contributed by atoms with Gasteiger partial charge in [0.2, 0.25) is 0 Å². The maximum atomic E-state index is 13.8. The lowest BCUT2D eigenvalue weighted by atomic mass is 9.95. The van der Waals surface area contributed by atoms with Crippen molar-refractivity contribution in [1.29, 1.82) is 0 Å². The van der Waals surface area contributed by atoms with E-state index in [0.29, 0.717) is 37.7 Å². The van der Waals surface area contributed by atoms with Crippen LogP contribution >= 0.6 is 11.3 Å². The second kappa shape index (κ2) is 11.3. The number of hydrogen-bond donors (Lipinski definition) is 0. The van der Waals surface area contributed by atoms with Gasteiger partial charge >= 0.3 is 5.97 Å². The number of rotatable bonds is 8. The molecule has 0 bridgehead atoms. The van der Waals surface area contributed by atoms with E-state index in [1.165, 1.54) is 11.3 Å².